The lowest BCUT2D eigenvalue weighted by Gasteiger charge is -2.05. The second-order valence-electron chi connectivity index (χ2n) is 2.62. The van der Waals surface area contributed by atoms with Gasteiger partial charge >= 0.3 is 5.97 Å². The van der Waals surface area contributed by atoms with Gasteiger partial charge in [0.2, 0.25) is 0 Å². The van der Waals surface area contributed by atoms with Gasteiger partial charge in [0.05, 0.1) is 12.2 Å². The molecular formula is C7H11N3O2. The lowest BCUT2D eigenvalue weighted by molar-refractivity contribution is -0.138. The van der Waals surface area contributed by atoms with Crippen LogP contribution in [0.4, 0.5) is 0 Å². The minimum Gasteiger partial charge on any atom is -0.480 e. The molecule has 1 atom stereocenters. The lowest BCUT2D eigenvalue weighted by atomic mass is 10.3. The molecule has 0 bridgehead atoms. The number of aliphatic carboxylic acids is 1. The molecule has 5 heteroatoms. The number of nitrogens with two attached hydrogens (primary N) is 1. The monoisotopic (exact) mass is 169 g/mol. The smallest absolute Gasteiger partial charge is 0.322 e. The maximum Gasteiger partial charge on any atom is 0.322 e. The van der Waals surface area contributed by atoms with E-state index in [1.807, 2.05) is 6.92 Å². The quantitative estimate of drug-likeness (QED) is 0.645. The normalized spacial score (nSPS) is 12.8. The van der Waals surface area contributed by atoms with Gasteiger partial charge in [0.1, 0.15) is 6.04 Å². The fraction of sp³-hybridized carbons (Fsp3) is 0.429. The van der Waals surface area contributed by atoms with Crippen LogP contribution < -0.4 is 5.73 Å². The number of carboxylic acid groups (broad SMARTS) is 1. The van der Waals surface area contributed by atoms with Crippen molar-refractivity contribution in [2.24, 2.45) is 5.73 Å². The Morgan fingerprint density at radius 3 is 3.00 bits per heavy atom. The van der Waals surface area contributed by atoms with Crippen LogP contribution in [0.5, 0.6) is 0 Å². The highest BCUT2D eigenvalue weighted by atomic mass is 16.4. The molecule has 1 heterocycles. The standard InChI is InChI=1S/C7H11N3O2/c1-5-2-3-10(9-5)4-6(8)7(11)12/h2-3,6H,4,8H2,1H3,(H,11,12). The fourth-order valence-electron chi connectivity index (χ4n) is 0.844. The molecule has 1 aromatic rings. The maximum absolute atomic E-state index is 10.3. The number of aromatic nitrogens is 2. The summed E-state index contributed by atoms with van der Waals surface area (Å²) in [5, 5.41) is 12.5. The number of rotatable bonds is 3. The second-order valence-corrected chi connectivity index (χ2v) is 2.62. The molecule has 3 N–H and O–H groups in total. The van der Waals surface area contributed by atoms with Crippen molar-refractivity contribution >= 4 is 5.97 Å². The molecule has 0 spiro atoms. The second kappa shape index (κ2) is 3.36. The first kappa shape index (κ1) is 8.73. The molecule has 0 fully saturated rings. The van der Waals surface area contributed by atoms with Gasteiger partial charge in [0.15, 0.2) is 0 Å². The molecule has 0 amide bonds. The Labute approximate surface area is 69.8 Å². The third-order valence-electron chi connectivity index (χ3n) is 1.47. The van der Waals surface area contributed by atoms with Crippen LogP contribution in [0.3, 0.4) is 0 Å². The molecule has 0 aromatic carbocycles. The number of carboxylic acids is 1. The predicted octanol–water partition coefficient (Wildman–Crippen LogP) is -0.397. The zero-order valence-electron chi connectivity index (χ0n) is 6.77. The van der Waals surface area contributed by atoms with Gasteiger partial charge in [-0.1, -0.05) is 0 Å². The van der Waals surface area contributed by atoms with Crippen LogP contribution in [-0.2, 0) is 11.3 Å². The molecule has 5 nitrogen and oxygen atoms in total. The van der Waals surface area contributed by atoms with Crippen LogP contribution in [0.25, 0.3) is 0 Å². The van der Waals surface area contributed by atoms with Crippen molar-refractivity contribution in [3.63, 3.8) is 0 Å². The molecule has 0 aliphatic carbocycles. The summed E-state index contributed by atoms with van der Waals surface area (Å²) in [4.78, 5) is 10.3. The van der Waals surface area contributed by atoms with Gasteiger partial charge in [0, 0.05) is 6.20 Å². The molecule has 1 rings (SSSR count). The van der Waals surface area contributed by atoms with Gasteiger partial charge in [-0.2, -0.15) is 5.10 Å². The zero-order chi connectivity index (χ0) is 9.14. The average molecular weight is 169 g/mol. The molecule has 12 heavy (non-hydrogen) atoms. The van der Waals surface area contributed by atoms with Crippen LogP contribution in [-0.4, -0.2) is 26.9 Å². The van der Waals surface area contributed by atoms with E-state index in [4.69, 9.17) is 10.8 Å². The Balaban J connectivity index is 2.58. The highest BCUT2D eigenvalue weighted by Gasteiger charge is 2.11. The molecule has 1 unspecified atom stereocenters. The van der Waals surface area contributed by atoms with Crippen LogP contribution in [0.15, 0.2) is 12.3 Å². The van der Waals surface area contributed by atoms with E-state index in [-0.39, 0.29) is 6.54 Å². The summed E-state index contributed by atoms with van der Waals surface area (Å²) in [6.45, 7) is 2.05. The molecule has 0 aliphatic rings. The van der Waals surface area contributed by atoms with Crippen molar-refractivity contribution in [3.05, 3.63) is 18.0 Å². The highest BCUT2D eigenvalue weighted by Crippen LogP contribution is 1.93. The Morgan fingerprint density at radius 1 is 1.92 bits per heavy atom. The van der Waals surface area contributed by atoms with Crippen molar-refractivity contribution in [2.75, 3.05) is 0 Å². The van der Waals surface area contributed by atoms with E-state index < -0.39 is 12.0 Å². The van der Waals surface area contributed by atoms with Crippen molar-refractivity contribution in [2.45, 2.75) is 19.5 Å². The summed E-state index contributed by atoms with van der Waals surface area (Å²) in [7, 11) is 0. The number of nitrogens with zero attached hydrogens (tertiary/aromatic N) is 2. The molecule has 0 aliphatic heterocycles. The fourth-order valence-corrected chi connectivity index (χ4v) is 0.844. The third-order valence-corrected chi connectivity index (χ3v) is 1.47. The summed E-state index contributed by atoms with van der Waals surface area (Å²) < 4.78 is 1.52. The van der Waals surface area contributed by atoms with Gasteiger partial charge in [-0.3, -0.25) is 9.48 Å². The van der Waals surface area contributed by atoms with Crippen molar-refractivity contribution in [1.29, 1.82) is 0 Å². The lowest BCUT2D eigenvalue weighted by Crippen LogP contribution is -2.34. The Bertz CT molecular complexity index is 282. The van der Waals surface area contributed by atoms with E-state index in [2.05, 4.69) is 5.10 Å². The minimum absolute atomic E-state index is 0.211. The third kappa shape index (κ3) is 2.06. The van der Waals surface area contributed by atoms with E-state index >= 15 is 0 Å². The summed E-state index contributed by atoms with van der Waals surface area (Å²) in [5.41, 5.74) is 6.15. The van der Waals surface area contributed by atoms with E-state index in [1.165, 1.54) is 4.68 Å². The molecule has 0 saturated heterocycles. The first-order valence-electron chi connectivity index (χ1n) is 3.58. The molecule has 0 radical (unpaired) electrons. The number of hydrogen-bond donors (Lipinski definition) is 2. The van der Waals surface area contributed by atoms with Crippen LogP contribution >= 0.6 is 0 Å². The number of aryl methyl sites for hydroxylation is 1. The number of hydrogen-bond acceptors (Lipinski definition) is 3. The SMILES string of the molecule is Cc1ccn(CC(N)C(=O)O)n1. The zero-order valence-corrected chi connectivity index (χ0v) is 6.77. The predicted molar refractivity (Wildman–Crippen MR) is 42.6 cm³/mol. The van der Waals surface area contributed by atoms with Crippen molar-refractivity contribution < 1.29 is 9.90 Å². The summed E-state index contributed by atoms with van der Waals surface area (Å²) in [6.07, 6.45) is 1.71. The number of carbonyl (C=O) groups is 1. The first-order valence-corrected chi connectivity index (χ1v) is 3.58. The topological polar surface area (TPSA) is 81.1 Å². The summed E-state index contributed by atoms with van der Waals surface area (Å²) >= 11 is 0. The van der Waals surface area contributed by atoms with Gasteiger partial charge < -0.3 is 10.8 Å². The summed E-state index contributed by atoms with van der Waals surface area (Å²) in [5.74, 6) is -1.01. The van der Waals surface area contributed by atoms with E-state index in [9.17, 15) is 4.79 Å². The molecule has 1 aromatic heterocycles. The van der Waals surface area contributed by atoms with Crippen molar-refractivity contribution in [3.8, 4) is 0 Å². The Kier molecular flexibility index (Phi) is 2.44. The average Bonchev–Trinajstić information content (AvgIpc) is 2.35. The van der Waals surface area contributed by atoms with E-state index in [1.54, 1.807) is 12.3 Å². The molecule has 66 valence electrons. The van der Waals surface area contributed by atoms with Crippen LogP contribution in [0.1, 0.15) is 5.69 Å². The van der Waals surface area contributed by atoms with Gasteiger partial charge in [-0.15, -0.1) is 0 Å². The largest absolute Gasteiger partial charge is 0.480 e. The van der Waals surface area contributed by atoms with Crippen LogP contribution in [0, 0.1) is 6.92 Å². The molecular weight excluding hydrogens is 158 g/mol. The van der Waals surface area contributed by atoms with E-state index in [0.29, 0.717) is 0 Å². The van der Waals surface area contributed by atoms with Gasteiger partial charge in [-0.05, 0) is 13.0 Å². The molecule has 0 saturated carbocycles. The Hall–Kier alpha value is -1.36. The van der Waals surface area contributed by atoms with Gasteiger partial charge in [0.25, 0.3) is 0 Å². The first-order chi connectivity index (χ1) is 5.59. The van der Waals surface area contributed by atoms with Crippen LogP contribution in [0.2, 0.25) is 0 Å². The highest BCUT2D eigenvalue weighted by molar-refractivity contribution is 5.72. The minimum atomic E-state index is -1.01. The maximum atomic E-state index is 10.3. The Morgan fingerprint density at radius 2 is 2.58 bits per heavy atom. The van der Waals surface area contributed by atoms with E-state index in [0.717, 1.165) is 5.69 Å². The van der Waals surface area contributed by atoms with Gasteiger partial charge in [-0.25, -0.2) is 0 Å². The van der Waals surface area contributed by atoms with Crippen molar-refractivity contribution in [1.82, 2.24) is 9.78 Å². The summed E-state index contributed by atoms with van der Waals surface area (Å²) in [6, 6.07) is 0.915.